The summed E-state index contributed by atoms with van der Waals surface area (Å²) in [6, 6.07) is 0. The maximum absolute atomic E-state index is 6.07. The average Bonchev–Trinajstić information content (AvgIpc) is 2.75. The minimum atomic E-state index is 0.0999. The van der Waals surface area contributed by atoms with Gasteiger partial charge in [0.1, 0.15) is 12.3 Å². The van der Waals surface area contributed by atoms with Crippen LogP contribution in [0.15, 0.2) is 34.5 Å². The fourth-order valence-electron chi connectivity index (χ4n) is 2.57. The monoisotopic (exact) mass is 315 g/mol. The Balaban J connectivity index is 1.73. The summed E-state index contributed by atoms with van der Waals surface area (Å²) in [7, 11) is 0. The Morgan fingerprint density at radius 2 is 2.24 bits per heavy atom. The number of halogens is 2. The number of fused-ring (bicyclic) bond motifs is 1. The zero-order chi connectivity index (χ0) is 11.8. The first-order chi connectivity index (χ1) is 8.24. The van der Waals surface area contributed by atoms with Crippen LogP contribution in [0.4, 0.5) is 0 Å². The molecule has 0 aromatic carbocycles. The van der Waals surface area contributed by atoms with Crippen molar-refractivity contribution in [1.82, 2.24) is 5.32 Å². The van der Waals surface area contributed by atoms with E-state index >= 15 is 0 Å². The third-order valence-electron chi connectivity index (χ3n) is 3.53. The first-order valence-electron chi connectivity index (χ1n) is 6.04. The summed E-state index contributed by atoms with van der Waals surface area (Å²) >= 11 is 9.63. The van der Waals surface area contributed by atoms with Crippen LogP contribution in [0, 0.1) is 5.92 Å². The van der Waals surface area contributed by atoms with Crippen LogP contribution < -0.4 is 5.32 Å². The predicted molar refractivity (Wildman–Crippen MR) is 73.0 cm³/mol. The molecule has 17 heavy (non-hydrogen) atoms. The Bertz CT molecular complexity index is 404. The minimum Gasteiger partial charge on any atom is -0.360 e. The molecule has 4 atom stereocenters. The molecule has 1 aliphatic heterocycles. The molecule has 1 heterocycles. The topological polar surface area (TPSA) is 21.3 Å². The average molecular weight is 317 g/mol. The highest BCUT2D eigenvalue weighted by atomic mass is 79.9. The van der Waals surface area contributed by atoms with Gasteiger partial charge in [-0.1, -0.05) is 24.3 Å². The molecule has 3 rings (SSSR count). The second-order valence-electron chi connectivity index (χ2n) is 4.73. The fraction of sp³-hybridized carbons (Fsp3) is 0.538. The van der Waals surface area contributed by atoms with Crippen molar-refractivity contribution in [2.24, 2.45) is 5.92 Å². The van der Waals surface area contributed by atoms with Crippen molar-refractivity contribution in [3.63, 3.8) is 0 Å². The molecular weight excluding hydrogens is 302 g/mol. The smallest absolute Gasteiger partial charge is 0.134 e. The highest BCUT2D eigenvalue weighted by Gasteiger charge is 2.36. The molecule has 2 aliphatic carbocycles. The van der Waals surface area contributed by atoms with E-state index in [4.69, 9.17) is 16.3 Å². The summed E-state index contributed by atoms with van der Waals surface area (Å²) in [5, 5.41) is 3.69. The van der Waals surface area contributed by atoms with Gasteiger partial charge in [-0.2, -0.15) is 0 Å². The molecule has 0 spiro atoms. The van der Waals surface area contributed by atoms with Gasteiger partial charge < -0.3 is 10.1 Å². The molecule has 1 saturated heterocycles. The summed E-state index contributed by atoms with van der Waals surface area (Å²) in [6.07, 6.45) is 11.9. The lowest BCUT2D eigenvalue weighted by Gasteiger charge is -2.24. The van der Waals surface area contributed by atoms with E-state index in [0.29, 0.717) is 5.92 Å². The predicted octanol–water partition coefficient (Wildman–Crippen LogP) is 3.44. The molecule has 0 bridgehead atoms. The number of rotatable bonds is 1. The van der Waals surface area contributed by atoms with E-state index < -0.39 is 0 Å². The van der Waals surface area contributed by atoms with Crippen LogP contribution in [0.2, 0.25) is 0 Å². The highest BCUT2D eigenvalue weighted by molar-refractivity contribution is 9.11. The van der Waals surface area contributed by atoms with Gasteiger partial charge in [0.05, 0.1) is 11.1 Å². The van der Waals surface area contributed by atoms with E-state index in [1.807, 2.05) is 0 Å². The highest BCUT2D eigenvalue weighted by Crippen LogP contribution is 2.34. The third kappa shape index (κ3) is 2.33. The van der Waals surface area contributed by atoms with Gasteiger partial charge >= 0.3 is 0 Å². The molecule has 2 nitrogen and oxygen atoms in total. The number of allylic oxidation sites excluding steroid dienone is 3. The Hall–Kier alpha value is -0.250. The summed E-state index contributed by atoms with van der Waals surface area (Å²) in [6.45, 7) is 0. The summed E-state index contributed by atoms with van der Waals surface area (Å²) in [5.41, 5.74) is 1.19. The molecule has 92 valence electrons. The normalized spacial score (nSPS) is 40.4. The maximum Gasteiger partial charge on any atom is 0.134 e. The second-order valence-corrected chi connectivity index (χ2v) is 6.15. The number of nitrogens with one attached hydrogen (secondary N) is 1. The summed E-state index contributed by atoms with van der Waals surface area (Å²) in [4.78, 5) is 0. The lowest BCUT2D eigenvalue weighted by molar-refractivity contribution is 0.0172. The Morgan fingerprint density at radius 3 is 2.94 bits per heavy atom. The van der Waals surface area contributed by atoms with Crippen molar-refractivity contribution in [2.75, 3.05) is 0 Å². The van der Waals surface area contributed by atoms with Crippen LogP contribution >= 0.6 is 27.5 Å². The van der Waals surface area contributed by atoms with Gasteiger partial charge in [0.15, 0.2) is 0 Å². The van der Waals surface area contributed by atoms with E-state index in [0.717, 1.165) is 23.7 Å². The van der Waals surface area contributed by atoms with Crippen LogP contribution in [0.1, 0.15) is 19.3 Å². The van der Waals surface area contributed by atoms with E-state index in [-0.39, 0.29) is 17.7 Å². The minimum absolute atomic E-state index is 0.0999. The lowest BCUT2D eigenvalue weighted by Crippen LogP contribution is -2.31. The van der Waals surface area contributed by atoms with Crippen LogP contribution in [0.25, 0.3) is 0 Å². The SMILES string of the molecule is ClC1C=CC(C2NC3=C(Br)C=CCC3O2)CC1. The van der Waals surface area contributed by atoms with Gasteiger partial charge in [-0.15, -0.1) is 11.6 Å². The maximum atomic E-state index is 6.07. The number of hydrogen-bond donors (Lipinski definition) is 1. The molecule has 0 radical (unpaired) electrons. The molecule has 0 aromatic heterocycles. The number of ether oxygens (including phenoxy) is 1. The molecule has 0 aromatic rings. The molecule has 0 amide bonds. The number of alkyl halides is 1. The molecule has 3 aliphatic rings. The van der Waals surface area contributed by atoms with Gasteiger partial charge in [-0.3, -0.25) is 0 Å². The van der Waals surface area contributed by atoms with Crippen LogP contribution in [-0.2, 0) is 4.74 Å². The molecule has 0 saturated carbocycles. The van der Waals surface area contributed by atoms with E-state index in [2.05, 4.69) is 45.6 Å². The van der Waals surface area contributed by atoms with Crippen molar-refractivity contribution >= 4 is 27.5 Å². The van der Waals surface area contributed by atoms with Crippen molar-refractivity contribution < 1.29 is 4.74 Å². The van der Waals surface area contributed by atoms with Crippen molar-refractivity contribution in [2.45, 2.75) is 37.0 Å². The van der Waals surface area contributed by atoms with E-state index in [9.17, 15) is 0 Å². The molecular formula is C13H15BrClNO. The molecule has 4 heteroatoms. The van der Waals surface area contributed by atoms with Gasteiger partial charge in [0.2, 0.25) is 0 Å². The quantitative estimate of drug-likeness (QED) is 0.591. The first-order valence-corrected chi connectivity index (χ1v) is 7.27. The Labute approximate surface area is 115 Å². The summed E-state index contributed by atoms with van der Waals surface area (Å²) in [5.74, 6) is 0.434. The summed E-state index contributed by atoms with van der Waals surface area (Å²) < 4.78 is 7.18. The van der Waals surface area contributed by atoms with Gasteiger partial charge in [-0.25, -0.2) is 0 Å². The van der Waals surface area contributed by atoms with Gasteiger partial charge in [0.25, 0.3) is 0 Å². The Kier molecular flexibility index (Phi) is 3.33. The Morgan fingerprint density at radius 1 is 1.35 bits per heavy atom. The third-order valence-corrected chi connectivity index (χ3v) is 4.59. The van der Waals surface area contributed by atoms with Crippen molar-refractivity contribution in [3.05, 3.63) is 34.5 Å². The van der Waals surface area contributed by atoms with Crippen molar-refractivity contribution in [3.8, 4) is 0 Å². The van der Waals surface area contributed by atoms with Crippen LogP contribution in [-0.4, -0.2) is 17.7 Å². The van der Waals surface area contributed by atoms with E-state index in [1.54, 1.807) is 0 Å². The van der Waals surface area contributed by atoms with Crippen molar-refractivity contribution in [1.29, 1.82) is 0 Å². The van der Waals surface area contributed by atoms with E-state index in [1.165, 1.54) is 5.70 Å². The lowest BCUT2D eigenvalue weighted by atomic mass is 9.94. The molecule has 4 unspecified atom stereocenters. The first kappa shape index (κ1) is 11.8. The molecule has 1 N–H and O–H groups in total. The zero-order valence-electron chi connectivity index (χ0n) is 9.40. The largest absolute Gasteiger partial charge is 0.360 e. The van der Waals surface area contributed by atoms with Gasteiger partial charge in [-0.05, 0) is 35.2 Å². The fourth-order valence-corrected chi connectivity index (χ4v) is 3.34. The zero-order valence-corrected chi connectivity index (χ0v) is 11.7. The number of hydrogen-bond acceptors (Lipinski definition) is 2. The standard InChI is InChI=1S/C13H15BrClNO/c14-10-2-1-3-11-12(10)16-13(17-11)8-4-6-9(15)7-5-8/h1-2,4,6,8-9,11,13,16H,3,5,7H2. The van der Waals surface area contributed by atoms with Gasteiger partial charge in [0, 0.05) is 10.4 Å². The van der Waals surface area contributed by atoms with Crippen LogP contribution in [0.5, 0.6) is 0 Å². The molecule has 1 fully saturated rings. The van der Waals surface area contributed by atoms with Crippen LogP contribution in [0.3, 0.4) is 0 Å². The second kappa shape index (κ2) is 4.79.